The Bertz CT molecular complexity index is 653. The highest BCUT2D eigenvalue weighted by Crippen LogP contribution is 2.23. The number of hydrogen-bond acceptors (Lipinski definition) is 4. The lowest BCUT2D eigenvalue weighted by Crippen LogP contribution is -1.92. The summed E-state index contributed by atoms with van der Waals surface area (Å²) in [6.07, 6.45) is 5.55. The first-order chi connectivity index (χ1) is 7.75. The quantitative estimate of drug-likeness (QED) is 0.645. The van der Waals surface area contributed by atoms with Crippen molar-refractivity contribution in [3.05, 3.63) is 35.4 Å². The molecule has 0 aromatic carbocycles. The van der Waals surface area contributed by atoms with Gasteiger partial charge in [0.2, 0.25) is 0 Å². The lowest BCUT2D eigenvalue weighted by atomic mass is 10.4. The van der Waals surface area contributed by atoms with Crippen molar-refractivity contribution >= 4 is 16.9 Å². The maximum atomic E-state index is 4.45. The SMILES string of the molecule is Cc1csc(-c2ncc3c(C)nccn23)n1. The van der Waals surface area contributed by atoms with Crippen LogP contribution in [0.3, 0.4) is 0 Å². The molecule has 80 valence electrons. The van der Waals surface area contributed by atoms with Crippen LogP contribution in [0.25, 0.3) is 16.3 Å². The Kier molecular flexibility index (Phi) is 2.00. The van der Waals surface area contributed by atoms with Crippen LogP contribution in [0.2, 0.25) is 0 Å². The largest absolute Gasteiger partial charge is 0.294 e. The molecule has 0 bridgehead atoms. The van der Waals surface area contributed by atoms with Crippen LogP contribution >= 0.6 is 11.3 Å². The molecule has 3 aromatic rings. The molecular weight excluding hydrogens is 220 g/mol. The predicted octanol–water partition coefficient (Wildman–Crippen LogP) is 2.47. The molecule has 0 fully saturated rings. The molecule has 3 aromatic heterocycles. The first kappa shape index (κ1) is 9.47. The minimum absolute atomic E-state index is 0.888. The highest BCUT2D eigenvalue weighted by atomic mass is 32.1. The standard InChI is InChI=1S/C11H10N4S/c1-7-6-16-11(14-7)10-13-5-9-8(2)12-3-4-15(9)10/h3-6H,1-2H3. The number of imidazole rings is 1. The summed E-state index contributed by atoms with van der Waals surface area (Å²) in [5.74, 6) is 0.888. The van der Waals surface area contributed by atoms with Crippen molar-refractivity contribution in [2.24, 2.45) is 0 Å². The summed E-state index contributed by atoms with van der Waals surface area (Å²) in [6.45, 7) is 3.97. The number of hydrogen-bond donors (Lipinski definition) is 0. The highest BCUT2D eigenvalue weighted by Gasteiger charge is 2.10. The molecule has 0 saturated carbocycles. The molecule has 0 unspecified atom stereocenters. The van der Waals surface area contributed by atoms with Gasteiger partial charge in [0.15, 0.2) is 10.8 Å². The molecule has 0 saturated heterocycles. The molecule has 0 radical (unpaired) electrons. The fourth-order valence-electron chi connectivity index (χ4n) is 1.67. The summed E-state index contributed by atoms with van der Waals surface area (Å²) in [4.78, 5) is 13.1. The fraction of sp³-hybridized carbons (Fsp3) is 0.182. The molecule has 0 atom stereocenters. The van der Waals surface area contributed by atoms with Crippen molar-refractivity contribution < 1.29 is 0 Å². The Hall–Kier alpha value is -1.75. The minimum Gasteiger partial charge on any atom is -0.294 e. The van der Waals surface area contributed by atoms with Crippen LogP contribution in [-0.2, 0) is 0 Å². The van der Waals surface area contributed by atoms with Gasteiger partial charge in [0, 0.05) is 23.5 Å². The summed E-state index contributed by atoms with van der Waals surface area (Å²) in [7, 11) is 0. The molecule has 0 spiro atoms. The molecular formula is C11H10N4S. The molecule has 16 heavy (non-hydrogen) atoms. The molecule has 0 aliphatic rings. The zero-order valence-corrected chi connectivity index (χ0v) is 9.82. The summed E-state index contributed by atoms with van der Waals surface area (Å²) in [5, 5.41) is 2.98. The van der Waals surface area contributed by atoms with Crippen molar-refractivity contribution in [1.82, 2.24) is 19.4 Å². The van der Waals surface area contributed by atoms with Crippen LogP contribution in [0, 0.1) is 13.8 Å². The lowest BCUT2D eigenvalue weighted by molar-refractivity contribution is 1.08. The first-order valence-electron chi connectivity index (χ1n) is 4.97. The number of nitrogens with zero attached hydrogens (tertiary/aromatic N) is 4. The van der Waals surface area contributed by atoms with Crippen LogP contribution in [0.5, 0.6) is 0 Å². The zero-order chi connectivity index (χ0) is 11.1. The van der Waals surface area contributed by atoms with Gasteiger partial charge < -0.3 is 0 Å². The van der Waals surface area contributed by atoms with Crippen LogP contribution in [0.15, 0.2) is 24.0 Å². The molecule has 3 heterocycles. The van der Waals surface area contributed by atoms with Gasteiger partial charge in [0.25, 0.3) is 0 Å². The molecule has 3 rings (SSSR count). The van der Waals surface area contributed by atoms with Gasteiger partial charge in [0.05, 0.1) is 17.4 Å². The van der Waals surface area contributed by atoms with Gasteiger partial charge in [-0.15, -0.1) is 11.3 Å². The number of rotatable bonds is 1. The van der Waals surface area contributed by atoms with E-state index in [1.165, 1.54) is 0 Å². The monoisotopic (exact) mass is 230 g/mol. The lowest BCUT2D eigenvalue weighted by Gasteiger charge is -1.98. The molecule has 0 aliphatic heterocycles. The Morgan fingerprint density at radius 3 is 2.88 bits per heavy atom. The Balaban J connectivity index is 2.29. The normalized spacial score (nSPS) is 11.1. The Labute approximate surface area is 96.6 Å². The summed E-state index contributed by atoms with van der Waals surface area (Å²) >= 11 is 1.61. The van der Waals surface area contributed by atoms with Crippen molar-refractivity contribution in [3.8, 4) is 10.8 Å². The Morgan fingerprint density at radius 1 is 1.25 bits per heavy atom. The van der Waals surface area contributed by atoms with Crippen molar-refractivity contribution in [2.75, 3.05) is 0 Å². The molecule has 0 N–H and O–H groups in total. The van der Waals surface area contributed by atoms with Gasteiger partial charge >= 0.3 is 0 Å². The topological polar surface area (TPSA) is 43.1 Å². The van der Waals surface area contributed by atoms with Gasteiger partial charge in [-0.1, -0.05) is 0 Å². The number of fused-ring (bicyclic) bond motifs is 1. The second-order valence-electron chi connectivity index (χ2n) is 3.64. The summed E-state index contributed by atoms with van der Waals surface area (Å²) in [5.41, 5.74) is 3.04. The molecule has 4 nitrogen and oxygen atoms in total. The van der Waals surface area contributed by atoms with E-state index in [1.54, 1.807) is 17.5 Å². The van der Waals surface area contributed by atoms with E-state index >= 15 is 0 Å². The maximum Gasteiger partial charge on any atom is 0.173 e. The van der Waals surface area contributed by atoms with E-state index in [0.717, 1.165) is 27.7 Å². The van der Waals surface area contributed by atoms with E-state index in [1.807, 2.05) is 36.0 Å². The Morgan fingerprint density at radius 2 is 2.12 bits per heavy atom. The van der Waals surface area contributed by atoms with Gasteiger partial charge in [-0.2, -0.15) is 0 Å². The van der Waals surface area contributed by atoms with Gasteiger partial charge in [-0.05, 0) is 13.8 Å². The average molecular weight is 230 g/mol. The third kappa shape index (κ3) is 1.32. The van der Waals surface area contributed by atoms with Crippen molar-refractivity contribution in [1.29, 1.82) is 0 Å². The van der Waals surface area contributed by atoms with Crippen LogP contribution in [-0.4, -0.2) is 19.4 Å². The third-order valence-corrected chi connectivity index (χ3v) is 3.42. The van der Waals surface area contributed by atoms with E-state index in [2.05, 4.69) is 15.0 Å². The van der Waals surface area contributed by atoms with E-state index < -0.39 is 0 Å². The number of thiazole rings is 1. The fourth-order valence-corrected chi connectivity index (χ4v) is 2.46. The summed E-state index contributed by atoms with van der Waals surface area (Å²) < 4.78 is 2.03. The van der Waals surface area contributed by atoms with Gasteiger partial charge in [0.1, 0.15) is 0 Å². The van der Waals surface area contributed by atoms with Gasteiger partial charge in [-0.25, -0.2) is 9.97 Å². The highest BCUT2D eigenvalue weighted by molar-refractivity contribution is 7.13. The van der Waals surface area contributed by atoms with E-state index in [4.69, 9.17) is 0 Å². The van der Waals surface area contributed by atoms with Crippen molar-refractivity contribution in [3.63, 3.8) is 0 Å². The predicted molar refractivity (Wildman–Crippen MR) is 63.6 cm³/mol. The molecule has 0 aliphatic carbocycles. The van der Waals surface area contributed by atoms with Crippen LogP contribution in [0.4, 0.5) is 0 Å². The second-order valence-corrected chi connectivity index (χ2v) is 4.50. The number of aromatic nitrogens is 4. The smallest absolute Gasteiger partial charge is 0.173 e. The van der Waals surface area contributed by atoms with E-state index in [-0.39, 0.29) is 0 Å². The first-order valence-corrected chi connectivity index (χ1v) is 5.85. The second kappa shape index (κ2) is 3.38. The molecule has 0 amide bonds. The number of aryl methyl sites for hydroxylation is 2. The van der Waals surface area contributed by atoms with E-state index in [0.29, 0.717) is 0 Å². The average Bonchev–Trinajstić information content (AvgIpc) is 2.84. The van der Waals surface area contributed by atoms with Crippen LogP contribution < -0.4 is 0 Å². The minimum atomic E-state index is 0.888. The third-order valence-electron chi connectivity index (χ3n) is 2.46. The van der Waals surface area contributed by atoms with Crippen LogP contribution in [0.1, 0.15) is 11.4 Å². The van der Waals surface area contributed by atoms with E-state index in [9.17, 15) is 0 Å². The zero-order valence-electron chi connectivity index (χ0n) is 9.01. The molecule has 5 heteroatoms. The van der Waals surface area contributed by atoms with Gasteiger partial charge in [-0.3, -0.25) is 9.38 Å². The van der Waals surface area contributed by atoms with Crippen molar-refractivity contribution in [2.45, 2.75) is 13.8 Å². The maximum absolute atomic E-state index is 4.45. The summed E-state index contributed by atoms with van der Waals surface area (Å²) in [6, 6.07) is 0.